The lowest BCUT2D eigenvalue weighted by molar-refractivity contribution is -0.134. The lowest BCUT2D eigenvalue weighted by Gasteiger charge is -2.26. The van der Waals surface area contributed by atoms with Crippen LogP contribution in [0.5, 0.6) is 0 Å². The zero-order valence-electron chi connectivity index (χ0n) is 16.8. The zero-order valence-corrected chi connectivity index (χ0v) is 16.8. The smallest absolute Gasteiger partial charge is 0.226 e. The van der Waals surface area contributed by atoms with E-state index >= 15 is 0 Å². The predicted octanol–water partition coefficient (Wildman–Crippen LogP) is 3.02. The van der Waals surface area contributed by atoms with E-state index in [9.17, 15) is 9.59 Å². The number of para-hydroxylation sites is 1. The lowest BCUT2D eigenvalue weighted by Crippen LogP contribution is -2.38. The van der Waals surface area contributed by atoms with E-state index in [4.69, 9.17) is 5.11 Å². The van der Waals surface area contributed by atoms with Gasteiger partial charge in [-0.05, 0) is 24.3 Å². The summed E-state index contributed by atoms with van der Waals surface area (Å²) in [7, 11) is 1.65. The highest BCUT2D eigenvalue weighted by Crippen LogP contribution is 2.40. The number of aliphatic hydroxyl groups is 1. The SMILES string of the molecule is CN(CCO)C(=O)[C@H]1CC(=O)c2c([nH]c(-c3ccncc3)c2Nc2ccccc2)C1. The van der Waals surface area contributed by atoms with Crippen LogP contribution >= 0.6 is 0 Å². The Kier molecular flexibility index (Phi) is 5.63. The first-order valence-corrected chi connectivity index (χ1v) is 9.94. The normalized spacial score (nSPS) is 15.5. The number of aromatic amines is 1. The molecule has 154 valence electrons. The molecular weight excluding hydrogens is 380 g/mol. The molecule has 3 aromatic rings. The third-order valence-electron chi connectivity index (χ3n) is 5.41. The van der Waals surface area contributed by atoms with Gasteiger partial charge in [0.15, 0.2) is 5.78 Å². The Morgan fingerprint density at radius 2 is 1.93 bits per heavy atom. The number of amides is 1. The third-order valence-corrected chi connectivity index (χ3v) is 5.41. The van der Waals surface area contributed by atoms with Gasteiger partial charge >= 0.3 is 0 Å². The van der Waals surface area contributed by atoms with Crippen LogP contribution in [-0.4, -0.2) is 51.9 Å². The molecule has 0 spiro atoms. The van der Waals surface area contributed by atoms with Gasteiger partial charge in [0.25, 0.3) is 0 Å². The number of aromatic nitrogens is 2. The first kappa shape index (κ1) is 19.8. The molecule has 4 rings (SSSR count). The summed E-state index contributed by atoms with van der Waals surface area (Å²) in [6, 6.07) is 13.5. The molecule has 1 aliphatic rings. The van der Waals surface area contributed by atoms with Gasteiger partial charge in [-0.1, -0.05) is 18.2 Å². The van der Waals surface area contributed by atoms with E-state index in [0.717, 1.165) is 28.3 Å². The standard InChI is InChI=1S/C23H24N4O3/c1-27(11-12-28)23(30)16-13-18-20(19(29)14-16)22(25-17-5-3-2-4-6-17)21(26-18)15-7-9-24-10-8-15/h2-10,16,25-26,28H,11-14H2,1H3/t16-/m1/s1. The van der Waals surface area contributed by atoms with Crippen LogP contribution in [0, 0.1) is 5.92 Å². The molecule has 7 heteroatoms. The molecule has 0 bridgehead atoms. The molecule has 2 aromatic heterocycles. The highest BCUT2D eigenvalue weighted by molar-refractivity contribution is 6.09. The number of hydrogen-bond acceptors (Lipinski definition) is 5. The number of anilines is 2. The molecule has 1 aliphatic carbocycles. The Morgan fingerprint density at radius 1 is 1.20 bits per heavy atom. The molecule has 0 fully saturated rings. The summed E-state index contributed by atoms with van der Waals surface area (Å²) in [5.41, 5.74) is 4.68. The van der Waals surface area contributed by atoms with E-state index in [2.05, 4.69) is 15.3 Å². The number of nitrogens with zero attached hydrogens (tertiary/aromatic N) is 2. The van der Waals surface area contributed by atoms with Crippen molar-refractivity contribution in [2.75, 3.05) is 25.5 Å². The largest absolute Gasteiger partial charge is 0.395 e. The number of benzene rings is 1. The van der Waals surface area contributed by atoms with Gasteiger partial charge in [-0.25, -0.2) is 0 Å². The summed E-state index contributed by atoms with van der Waals surface area (Å²) in [6.07, 6.45) is 4.02. The molecule has 0 unspecified atom stereocenters. The maximum absolute atomic E-state index is 13.1. The van der Waals surface area contributed by atoms with Crippen molar-refractivity contribution in [1.82, 2.24) is 14.9 Å². The number of Topliss-reactive ketones (excluding diaryl/α,β-unsaturated/α-hetero) is 1. The fourth-order valence-corrected chi connectivity index (χ4v) is 3.93. The monoisotopic (exact) mass is 404 g/mol. The van der Waals surface area contributed by atoms with Crippen molar-refractivity contribution in [3.05, 3.63) is 66.1 Å². The van der Waals surface area contributed by atoms with Crippen molar-refractivity contribution < 1.29 is 14.7 Å². The van der Waals surface area contributed by atoms with E-state index in [1.54, 1.807) is 19.4 Å². The lowest BCUT2D eigenvalue weighted by atomic mass is 9.85. The van der Waals surface area contributed by atoms with Crippen molar-refractivity contribution in [3.8, 4) is 11.3 Å². The molecule has 0 radical (unpaired) electrons. The number of ketones is 1. The number of pyridine rings is 1. The minimum absolute atomic E-state index is 0.0676. The average Bonchev–Trinajstić information content (AvgIpc) is 3.13. The van der Waals surface area contributed by atoms with Crippen molar-refractivity contribution in [1.29, 1.82) is 0 Å². The minimum atomic E-state index is -0.435. The number of H-pyrrole nitrogens is 1. The summed E-state index contributed by atoms with van der Waals surface area (Å²) in [5.74, 6) is -0.627. The number of aliphatic hydroxyl groups excluding tert-OH is 1. The number of nitrogens with one attached hydrogen (secondary N) is 2. The Labute approximate surface area is 174 Å². The van der Waals surface area contributed by atoms with Crippen LogP contribution < -0.4 is 5.32 Å². The molecule has 1 aromatic carbocycles. The third kappa shape index (κ3) is 3.84. The number of likely N-dealkylation sites (N-methyl/N-ethyl adjacent to an activating group) is 1. The molecular formula is C23H24N4O3. The molecule has 1 amide bonds. The van der Waals surface area contributed by atoms with E-state index in [1.165, 1.54) is 4.90 Å². The van der Waals surface area contributed by atoms with Gasteiger partial charge in [0.1, 0.15) is 0 Å². The summed E-state index contributed by atoms with van der Waals surface area (Å²) >= 11 is 0. The van der Waals surface area contributed by atoms with Gasteiger partial charge in [-0.3, -0.25) is 14.6 Å². The van der Waals surface area contributed by atoms with Crippen LogP contribution in [0.1, 0.15) is 22.5 Å². The zero-order chi connectivity index (χ0) is 21.1. The second kappa shape index (κ2) is 8.51. The van der Waals surface area contributed by atoms with Crippen molar-refractivity contribution in [3.63, 3.8) is 0 Å². The quantitative estimate of drug-likeness (QED) is 0.587. The van der Waals surface area contributed by atoms with Crippen LogP contribution in [0.2, 0.25) is 0 Å². The Hall–Kier alpha value is -3.45. The van der Waals surface area contributed by atoms with Crippen LogP contribution in [0.3, 0.4) is 0 Å². The van der Waals surface area contributed by atoms with E-state index < -0.39 is 5.92 Å². The fourth-order valence-electron chi connectivity index (χ4n) is 3.93. The molecule has 3 N–H and O–H groups in total. The number of carbonyl (C=O) groups is 2. The molecule has 30 heavy (non-hydrogen) atoms. The van der Waals surface area contributed by atoms with E-state index in [-0.39, 0.29) is 31.3 Å². The molecule has 1 atom stereocenters. The minimum Gasteiger partial charge on any atom is -0.395 e. The van der Waals surface area contributed by atoms with Gasteiger partial charge in [-0.15, -0.1) is 0 Å². The first-order valence-electron chi connectivity index (χ1n) is 9.94. The number of rotatable bonds is 6. The fraction of sp³-hybridized carbons (Fsp3) is 0.261. The van der Waals surface area contributed by atoms with Gasteiger partial charge < -0.3 is 20.3 Å². The summed E-state index contributed by atoms with van der Waals surface area (Å²) in [6.45, 7) is 0.151. The highest BCUT2D eigenvalue weighted by atomic mass is 16.3. The van der Waals surface area contributed by atoms with Crippen LogP contribution in [0.25, 0.3) is 11.3 Å². The Morgan fingerprint density at radius 3 is 2.63 bits per heavy atom. The second-order valence-corrected chi connectivity index (χ2v) is 7.47. The van der Waals surface area contributed by atoms with Crippen LogP contribution in [-0.2, 0) is 11.2 Å². The predicted molar refractivity (Wildman–Crippen MR) is 115 cm³/mol. The topological polar surface area (TPSA) is 98.3 Å². The van der Waals surface area contributed by atoms with Crippen LogP contribution in [0.15, 0.2) is 54.9 Å². The van der Waals surface area contributed by atoms with Gasteiger partial charge in [0, 0.05) is 55.8 Å². The first-order chi connectivity index (χ1) is 14.6. The molecule has 2 heterocycles. The van der Waals surface area contributed by atoms with Gasteiger partial charge in [0.05, 0.1) is 29.5 Å². The maximum Gasteiger partial charge on any atom is 0.226 e. The molecule has 0 aliphatic heterocycles. The van der Waals surface area contributed by atoms with Crippen molar-refractivity contribution >= 4 is 23.1 Å². The van der Waals surface area contributed by atoms with E-state index in [0.29, 0.717) is 12.0 Å². The number of hydrogen-bond donors (Lipinski definition) is 3. The molecule has 7 nitrogen and oxygen atoms in total. The Balaban J connectivity index is 1.74. The van der Waals surface area contributed by atoms with Crippen molar-refractivity contribution in [2.45, 2.75) is 12.8 Å². The summed E-state index contributed by atoms with van der Waals surface area (Å²) in [5, 5.41) is 12.5. The highest BCUT2D eigenvalue weighted by Gasteiger charge is 2.35. The van der Waals surface area contributed by atoms with Gasteiger partial charge in [-0.2, -0.15) is 0 Å². The summed E-state index contributed by atoms with van der Waals surface area (Å²) < 4.78 is 0. The van der Waals surface area contributed by atoms with Gasteiger partial charge in [0.2, 0.25) is 5.91 Å². The van der Waals surface area contributed by atoms with Crippen LogP contribution in [0.4, 0.5) is 11.4 Å². The number of carbonyl (C=O) groups excluding carboxylic acids is 2. The Bertz CT molecular complexity index is 1050. The molecule has 0 saturated carbocycles. The van der Waals surface area contributed by atoms with Crippen molar-refractivity contribution in [2.24, 2.45) is 5.92 Å². The second-order valence-electron chi connectivity index (χ2n) is 7.47. The maximum atomic E-state index is 13.1. The average molecular weight is 404 g/mol. The van der Waals surface area contributed by atoms with E-state index in [1.807, 2.05) is 42.5 Å². The summed E-state index contributed by atoms with van der Waals surface area (Å²) in [4.78, 5) is 34.8. The number of fused-ring (bicyclic) bond motifs is 1. The molecule has 0 saturated heterocycles.